The lowest BCUT2D eigenvalue weighted by Crippen LogP contribution is -2.24. The lowest BCUT2D eigenvalue weighted by atomic mass is 10.0. The molecule has 2 aromatic rings. The van der Waals surface area contributed by atoms with Crippen molar-refractivity contribution >= 4 is 0 Å². The van der Waals surface area contributed by atoms with Gasteiger partial charge in [-0.25, -0.2) is 4.39 Å². The number of nitrogens with zero attached hydrogens (tertiary/aromatic N) is 2. The van der Waals surface area contributed by atoms with E-state index in [0.717, 1.165) is 30.8 Å². The van der Waals surface area contributed by atoms with E-state index in [9.17, 15) is 4.39 Å². The van der Waals surface area contributed by atoms with Crippen LogP contribution < -0.4 is 5.32 Å². The molecule has 0 radical (unpaired) electrons. The SMILES string of the molecule is Cn1nc(-c2cccc(F)c2)c2c1CNCC2. The molecule has 1 aliphatic heterocycles. The Morgan fingerprint density at radius 1 is 1.41 bits per heavy atom. The van der Waals surface area contributed by atoms with E-state index in [4.69, 9.17) is 0 Å². The molecular formula is C13H14FN3. The maximum Gasteiger partial charge on any atom is 0.123 e. The molecule has 1 aliphatic rings. The van der Waals surface area contributed by atoms with E-state index < -0.39 is 0 Å². The van der Waals surface area contributed by atoms with E-state index in [1.165, 1.54) is 17.3 Å². The molecule has 1 aromatic carbocycles. The highest BCUT2D eigenvalue weighted by atomic mass is 19.1. The Bertz CT molecular complexity index is 560. The smallest absolute Gasteiger partial charge is 0.123 e. The summed E-state index contributed by atoms with van der Waals surface area (Å²) in [5.41, 5.74) is 4.24. The highest BCUT2D eigenvalue weighted by Gasteiger charge is 2.19. The molecule has 2 heterocycles. The first-order valence-electron chi connectivity index (χ1n) is 5.77. The number of rotatable bonds is 1. The van der Waals surface area contributed by atoms with E-state index in [0.29, 0.717) is 0 Å². The van der Waals surface area contributed by atoms with Crippen LogP contribution >= 0.6 is 0 Å². The third kappa shape index (κ3) is 1.74. The van der Waals surface area contributed by atoms with Gasteiger partial charge in [0.2, 0.25) is 0 Å². The van der Waals surface area contributed by atoms with Crippen LogP contribution in [0.25, 0.3) is 11.3 Å². The fraction of sp³-hybridized carbons (Fsp3) is 0.308. The Kier molecular flexibility index (Phi) is 2.44. The van der Waals surface area contributed by atoms with Crippen molar-refractivity contribution in [3.63, 3.8) is 0 Å². The normalized spacial score (nSPS) is 14.7. The topological polar surface area (TPSA) is 29.9 Å². The van der Waals surface area contributed by atoms with Crippen molar-refractivity contribution < 1.29 is 4.39 Å². The number of hydrogen-bond donors (Lipinski definition) is 1. The molecule has 4 heteroatoms. The molecule has 0 aliphatic carbocycles. The van der Waals surface area contributed by atoms with E-state index in [1.54, 1.807) is 12.1 Å². The summed E-state index contributed by atoms with van der Waals surface area (Å²) in [6, 6.07) is 6.64. The number of fused-ring (bicyclic) bond motifs is 1. The summed E-state index contributed by atoms with van der Waals surface area (Å²) in [6.45, 7) is 1.80. The molecule has 0 saturated carbocycles. The number of halogens is 1. The Balaban J connectivity index is 2.15. The van der Waals surface area contributed by atoms with Crippen LogP contribution in [-0.2, 0) is 20.0 Å². The second-order valence-electron chi connectivity index (χ2n) is 4.33. The van der Waals surface area contributed by atoms with Crippen LogP contribution in [0.3, 0.4) is 0 Å². The Labute approximate surface area is 99.3 Å². The number of nitrogens with one attached hydrogen (secondary N) is 1. The van der Waals surface area contributed by atoms with Crippen molar-refractivity contribution in [1.29, 1.82) is 0 Å². The van der Waals surface area contributed by atoms with Gasteiger partial charge in [0.25, 0.3) is 0 Å². The largest absolute Gasteiger partial charge is 0.311 e. The molecule has 88 valence electrons. The molecule has 17 heavy (non-hydrogen) atoms. The van der Waals surface area contributed by atoms with Gasteiger partial charge in [-0.2, -0.15) is 5.10 Å². The molecule has 1 N–H and O–H groups in total. The average molecular weight is 231 g/mol. The van der Waals surface area contributed by atoms with E-state index in [1.807, 2.05) is 17.8 Å². The summed E-state index contributed by atoms with van der Waals surface area (Å²) in [6.07, 6.45) is 0.953. The molecule has 0 fully saturated rings. The monoisotopic (exact) mass is 231 g/mol. The third-order valence-corrected chi connectivity index (χ3v) is 3.22. The second kappa shape index (κ2) is 3.96. The number of aryl methyl sites for hydroxylation is 1. The highest BCUT2D eigenvalue weighted by Crippen LogP contribution is 2.27. The summed E-state index contributed by atoms with van der Waals surface area (Å²) in [4.78, 5) is 0. The van der Waals surface area contributed by atoms with E-state index >= 15 is 0 Å². The van der Waals surface area contributed by atoms with Crippen LogP contribution in [0.5, 0.6) is 0 Å². The van der Waals surface area contributed by atoms with Gasteiger partial charge < -0.3 is 5.32 Å². The minimum atomic E-state index is -0.212. The van der Waals surface area contributed by atoms with Crippen molar-refractivity contribution in [2.75, 3.05) is 6.54 Å². The zero-order valence-corrected chi connectivity index (χ0v) is 9.70. The molecule has 0 amide bonds. The summed E-state index contributed by atoms with van der Waals surface area (Å²) in [7, 11) is 1.94. The zero-order valence-electron chi connectivity index (χ0n) is 9.70. The third-order valence-electron chi connectivity index (χ3n) is 3.22. The molecule has 3 rings (SSSR count). The van der Waals surface area contributed by atoms with Gasteiger partial charge in [-0.1, -0.05) is 12.1 Å². The van der Waals surface area contributed by atoms with Gasteiger partial charge >= 0.3 is 0 Å². The fourth-order valence-electron chi connectivity index (χ4n) is 2.37. The van der Waals surface area contributed by atoms with Crippen molar-refractivity contribution in [3.05, 3.63) is 41.3 Å². The lowest BCUT2D eigenvalue weighted by molar-refractivity contribution is 0.593. The number of aromatic nitrogens is 2. The van der Waals surface area contributed by atoms with Crippen LogP contribution in [0.15, 0.2) is 24.3 Å². The fourth-order valence-corrected chi connectivity index (χ4v) is 2.37. The first-order chi connectivity index (χ1) is 8.25. The molecule has 0 saturated heterocycles. The molecule has 0 spiro atoms. The standard InChI is InChI=1S/C13H14FN3/c1-17-12-8-15-6-5-11(12)13(16-17)9-3-2-4-10(14)7-9/h2-4,7,15H,5-6,8H2,1H3. The first kappa shape index (κ1) is 10.5. The molecule has 0 unspecified atom stereocenters. The minimum Gasteiger partial charge on any atom is -0.311 e. The van der Waals surface area contributed by atoms with Gasteiger partial charge in [0.15, 0.2) is 0 Å². The van der Waals surface area contributed by atoms with Crippen LogP contribution in [0, 0.1) is 5.82 Å². The molecule has 3 nitrogen and oxygen atoms in total. The Morgan fingerprint density at radius 2 is 2.29 bits per heavy atom. The van der Waals surface area contributed by atoms with Crippen LogP contribution in [-0.4, -0.2) is 16.3 Å². The second-order valence-corrected chi connectivity index (χ2v) is 4.33. The quantitative estimate of drug-likeness (QED) is 0.812. The lowest BCUT2D eigenvalue weighted by Gasteiger charge is -2.14. The van der Waals surface area contributed by atoms with Gasteiger partial charge in [-0.05, 0) is 25.1 Å². The molecular weight excluding hydrogens is 217 g/mol. The maximum atomic E-state index is 13.2. The summed E-state index contributed by atoms with van der Waals surface area (Å²) in [5, 5.41) is 7.84. The Hall–Kier alpha value is -1.68. The van der Waals surface area contributed by atoms with Gasteiger partial charge in [0.1, 0.15) is 5.82 Å². The van der Waals surface area contributed by atoms with Crippen molar-refractivity contribution in [3.8, 4) is 11.3 Å². The number of benzene rings is 1. The predicted molar refractivity (Wildman–Crippen MR) is 64.0 cm³/mol. The maximum absolute atomic E-state index is 13.2. The van der Waals surface area contributed by atoms with Gasteiger partial charge in [-0.3, -0.25) is 4.68 Å². The molecule has 1 aromatic heterocycles. The average Bonchev–Trinajstić information content (AvgIpc) is 2.68. The van der Waals surface area contributed by atoms with Crippen molar-refractivity contribution in [2.24, 2.45) is 7.05 Å². The minimum absolute atomic E-state index is 0.212. The zero-order chi connectivity index (χ0) is 11.8. The van der Waals surface area contributed by atoms with Crippen molar-refractivity contribution in [1.82, 2.24) is 15.1 Å². The predicted octanol–water partition coefficient (Wildman–Crippen LogP) is 1.87. The Morgan fingerprint density at radius 3 is 3.12 bits per heavy atom. The summed E-state index contributed by atoms with van der Waals surface area (Å²) >= 11 is 0. The summed E-state index contributed by atoms with van der Waals surface area (Å²) < 4.78 is 15.1. The first-order valence-corrected chi connectivity index (χ1v) is 5.77. The van der Waals surface area contributed by atoms with E-state index in [-0.39, 0.29) is 5.82 Å². The van der Waals surface area contributed by atoms with Crippen LogP contribution in [0.2, 0.25) is 0 Å². The van der Waals surface area contributed by atoms with E-state index in [2.05, 4.69) is 10.4 Å². The highest BCUT2D eigenvalue weighted by molar-refractivity contribution is 5.64. The van der Waals surface area contributed by atoms with Gasteiger partial charge in [0, 0.05) is 24.7 Å². The van der Waals surface area contributed by atoms with Crippen molar-refractivity contribution in [2.45, 2.75) is 13.0 Å². The van der Waals surface area contributed by atoms with Gasteiger partial charge in [-0.15, -0.1) is 0 Å². The molecule has 0 bridgehead atoms. The summed E-state index contributed by atoms with van der Waals surface area (Å²) in [5.74, 6) is -0.212. The molecule has 0 atom stereocenters. The van der Waals surface area contributed by atoms with Crippen LogP contribution in [0.4, 0.5) is 4.39 Å². The van der Waals surface area contributed by atoms with Gasteiger partial charge in [0.05, 0.1) is 11.4 Å². The van der Waals surface area contributed by atoms with Crippen LogP contribution in [0.1, 0.15) is 11.3 Å². The number of hydrogen-bond acceptors (Lipinski definition) is 2.